The molecular formula is C22H20BrN5O2. The lowest BCUT2D eigenvalue weighted by Crippen LogP contribution is -2.14. The monoisotopic (exact) mass is 465 g/mol. The molecule has 4 rings (SSSR count). The largest absolute Gasteiger partial charge is 0.471 e. The minimum absolute atomic E-state index is 0.215. The van der Waals surface area contributed by atoms with E-state index in [9.17, 15) is 4.79 Å². The number of halogens is 1. The zero-order valence-electron chi connectivity index (χ0n) is 16.1. The van der Waals surface area contributed by atoms with Crippen molar-refractivity contribution in [1.82, 2.24) is 19.6 Å². The van der Waals surface area contributed by atoms with Gasteiger partial charge in [0.15, 0.2) is 12.4 Å². The topological polar surface area (TPSA) is 74.0 Å². The molecule has 4 aromatic rings. The number of benzene rings is 2. The molecule has 7 nitrogen and oxygen atoms in total. The van der Waals surface area contributed by atoms with Crippen LogP contribution in [-0.4, -0.2) is 25.5 Å². The summed E-state index contributed by atoms with van der Waals surface area (Å²) in [7, 11) is 0. The third-order valence-corrected chi connectivity index (χ3v) is 4.94. The lowest BCUT2D eigenvalue weighted by atomic mass is 10.1. The quantitative estimate of drug-likeness (QED) is 0.419. The van der Waals surface area contributed by atoms with Crippen molar-refractivity contribution in [3.63, 3.8) is 0 Å². The summed E-state index contributed by atoms with van der Waals surface area (Å²) in [6.07, 6.45) is 6.03. The Kier molecular flexibility index (Phi) is 6.24. The Hall–Kier alpha value is -3.39. The van der Waals surface area contributed by atoms with Crippen LogP contribution >= 0.6 is 15.9 Å². The Labute approximate surface area is 182 Å². The maximum absolute atomic E-state index is 12.5. The third-order valence-electron chi connectivity index (χ3n) is 4.41. The summed E-state index contributed by atoms with van der Waals surface area (Å²) in [6.45, 7) is 0.953. The minimum atomic E-state index is -0.292. The standard InChI is InChI=1S/C22H20BrN5O2/c23-18-6-8-20(9-7-18)30-16-28-13-11-21(26-28)22(29)25-19-14-24-27(15-19)12-10-17-4-2-1-3-5-17/h1-9,11,13-15H,10,12,16H2,(H,25,29). The van der Waals surface area contributed by atoms with Crippen LogP contribution in [0.2, 0.25) is 0 Å². The van der Waals surface area contributed by atoms with Crippen LogP contribution in [0.25, 0.3) is 0 Å². The number of hydrogen-bond acceptors (Lipinski definition) is 4. The first-order valence-corrected chi connectivity index (χ1v) is 10.2. The van der Waals surface area contributed by atoms with Crippen LogP contribution in [0.1, 0.15) is 16.1 Å². The molecule has 0 aliphatic heterocycles. The summed E-state index contributed by atoms with van der Waals surface area (Å²) >= 11 is 3.39. The average Bonchev–Trinajstić information content (AvgIpc) is 3.42. The van der Waals surface area contributed by atoms with Gasteiger partial charge in [-0.3, -0.25) is 9.48 Å². The molecule has 0 saturated heterocycles. The van der Waals surface area contributed by atoms with Crippen molar-refractivity contribution in [3.05, 3.63) is 95.0 Å². The summed E-state index contributed by atoms with van der Waals surface area (Å²) in [5.41, 5.74) is 2.19. The summed E-state index contributed by atoms with van der Waals surface area (Å²) in [6, 6.07) is 19.4. The second-order valence-corrected chi connectivity index (χ2v) is 7.57. The van der Waals surface area contributed by atoms with Crippen molar-refractivity contribution in [2.75, 3.05) is 5.32 Å². The predicted octanol–water partition coefficient (Wildman–Crippen LogP) is 4.37. The van der Waals surface area contributed by atoms with E-state index in [4.69, 9.17) is 4.74 Å². The Morgan fingerprint density at radius 1 is 1.03 bits per heavy atom. The van der Waals surface area contributed by atoms with E-state index in [0.29, 0.717) is 11.4 Å². The van der Waals surface area contributed by atoms with Crippen LogP contribution in [0.4, 0.5) is 5.69 Å². The number of anilines is 1. The molecule has 0 aliphatic carbocycles. The average molecular weight is 466 g/mol. The first-order valence-electron chi connectivity index (χ1n) is 9.45. The molecule has 1 N–H and O–H groups in total. The zero-order valence-corrected chi connectivity index (χ0v) is 17.7. The van der Waals surface area contributed by atoms with Gasteiger partial charge in [-0.05, 0) is 42.3 Å². The highest BCUT2D eigenvalue weighted by molar-refractivity contribution is 9.10. The van der Waals surface area contributed by atoms with Crippen LogP contribution in [0.3, 0.4) is 0 Å². The Morgan fingerprint density at radius 2 is 1.83 bits per heavy atom. The van der Waals surface area contributed by atoms with Gasteiger partial charge >= 0.3 is 0 Å². The van der Waals surface area contributed by atoms with Crippen LogP contribution in [0, 0.1) is 0 Å². The number of rotatable bonds is 8. The molecule has 1 amide bonds. The molecule has 30 heavy (non-hydrogen) atoms. The number of ether oxygens (including phenoxy) is 1. The third kappa shape index (κ3) is 5.36. The summed E-state index contributed by atoms with van der Waals surface area (Å²) < 4.78 is 10.0. The molecule has 2 aromatic carbocycles. The van der Waals surface area contributed by atoms with Crippen molar-refractivity contribution >= 4 is 27.5 Å². The zero-order chi connectivity index (χ0) is 20.8. The number of amides is 1. The number of hydrogen-bond donors (Lipinski definition) is 1. The molecule has 0 spiro atoms. The second kappa shape index (κ2) is 9.41. The molecule has 0 saturated carbocycles. The predicted molar refractivity (Wildman–Crippen MR) is 117 cm³/mol. The van der Waals surface area contributed by atoms with E-state index in [1.807, 2.05) is 53.3 Å². The van der Waals surface area contributed by atoms with E-state index in [0.717, 1.165) is 23.2 Å². The van der Waals surface area contributed by atoms with Crippen molar-refractivity contribution in [1.29, 1.82) is 0 Å². The number of nitrogens with one attached hydrogen (secondary N) is 1. The highest BCUT2D eigenvalue weighted by atomic mass is 79.9. The molecule has 0 aliphatic rings. The van der Waals surface area contributed by atoms with Gasteiger partial charge < -0.3 is 10.1 Å². The fraction of sp³-hybridized carbons (Fsp3) is 0.136. The van der Waals surface area contributed by atoms with Gasteiger partial charge in [0.1, 0.15) is 5.75 Å². The Balaban J connectivity index is 1.29. The van der Waals surface area contributed by atoms with Gasteiger partial charge in [-0.2, -0.15) is 10.2 Å². The maximum Gasteiger partial charge on any atom is 0.276 e. The van der Waals surface area contributed by atoms with Gasteiger partial charge in [-0.15, -0.1) is 0 Å². The van der Waals surface area contributed by atoms with Gasteiger partial charge in [-0.25, -0.2) is 4.68 Å². The Morgan fingerprint density at radius 3 is 2.63 bits per heavy atom. The van der Waals surface area contributed by atoms with Crippen molar-refractivity contribution in [3.8, 4) is 5.75 Å². The van der Waals surface area contributed by atoms with Gasteiger partial charge in [0, 0.05) is 23.4 Å². The second-order valence-electron chi connectivity index (χ2n) is 6.65. The lowest BCUT2D eigenvalue weighted by Gasteiger charge is -2.06. The summed E-state index contributed by atoms with van der Waals surface area (Å²) in [5, 5.41) is 11.4. The first kappa shape index (κ1) is 19.9. The van der Waals surface area contributed by atoms with Crippen LogP contribution in [-0.2, 0) is 19.7 Å². The van der Waals surface area contributed by atoms with Gasteiger partial charge in [0.05, 0.1) is 11.9 Å². The van der Waals surface area contributed by atoms with Crippen molar-refractivity contribution < 1.29 is 9.53 Å². The van der Waals surface area contributed by atoms with Crippen LogP contribution in [0.5, 0.6) is 5.75 Å². The maximum atomic E-state index is 12.5. The fourth-order valence-electron chi connectivity index (χ4n) is 2.86. The molecular weight excluding hydrogens is 446 g/mol. The minimum Gasteiger partial charge on any atom is -0.471 e. The van der Waals surface area contributed by atoms with E-state index < -0.39 is 0 Å². The number of aromatic nitrogens is 4. The SMILES string of the molecule is O=C(Nc1cnn(CCc2ccccc2)c1)c1ccn(COc2ccc(Br)cc2)n1. The summed E-state index contributed by atoms with van der Waals surface area (Å²) in [4.78, 5) is 12.5. The van der Waals surface area contributed by atoms with Gasteiger partial charge in [0.2, 0.25) is 0 Å². The Bertz CT molecular complexity index is 1110. The molecule has 0 radical (unpaired) electrons. The van der Waals surface area contributed by atoms with Crippen LogP contribution < -0.4 is 10.1 Å². The highest BCUT2D eigenvalue weighted by Crippen LogP contribution is 2.16. The molecule has 152 valence electrons. The molecule has 2 aromatic heterocycles. The molecule has 0 bridgehead atoms. The van der Waals surface area contributed by atoms with E-state index in [2.05, 4.69) is 43.6 Å². The first-order chi connectivity index (χ1) is 14.7. The van der Waals surface area contributed by atoms with E-state index in [1.165, 1.54) is 5.56 Å². The number of aryl methyl sites for hydroxylation is 2. The fourth-order valence-corrected chi connectivity index (χ4v) is 3.12. The highest BCUT2D eigenvalue weighted by Gasteiger charge is 2.11. The molecule has 2 heterocycles. The van der Waals surface area contributed by atoms with Crippen molar-refractivity contribution in [2.45, 2.75) is 19.7 Å². The number of nitrogens with zero attached hydrogens (tertiary/aromatic N) is 4. The lowest BCUT2D eigenvalue weighted by molar-refractivity contribution is 0.102. The summed E-state index contributed by atoms with van der Waals surface area (Å²) in [5.74, 6) is 0.433. The number of carbonyl (C=O) groups excluding carboxylic acids is 1. The molecule has 0 unspecified atom stereocenters. The normalized spacial score (nSPS) is 10.7. The van der Waals surface area contributed by atoms with Gasteiger partial charge in [-0.1, -0.05) is 46.3 Å². The molecule has 0 fully saturated rings. The van der Waals surface area contributed by atoms with Gasteiger partial charge in [0.25, 0.3) is 5.91 Å². The van der Waals surface area contributed by atoms with E-state index in [-0.39, 0.29) is 12.6 Å². The molecule has 8 heteroatoms. The van der Waals surface area contributed by atoms with E-state index >= 15 is 0 Å². The van der Waals surface area contributed by atoms with Crippen LogP contribution in [0.15, 0.2) is 83.7 Å². The van der Waals surface area contributed by atoms with E-state index in [1.54, 1.807) is 23.1 Å². The number of carbonyl (C=O) groups is 1. The van der Waals surface area contributed by atoms with Crippen molar-refractivity contribution in [2.24, 2.45) is 0 Å². The molecule has 0 atom stereocenters. The smallest absolute Gasteiger partial charge is 0.276 e.